The van der Waals surface area contributed by atoms with Crippen LogP contribution >= 0.6 is 48.2 Å². The molecule has 4 aromatic rings. The molecule has 0 bridgehead atoms. The lowest BCUT2D eigenvalue weighted by Crippen LogP contribution is -2.46. The molecule has 0 aliphatic rings. The number of nitrogens with two attached hydrogens (primary N) is 3. The van der Waals surface area contributed by atoms with Gasteiger partial charge in [-0.15, -0.1) is 24.8 Å². The number of hydrogen-bond acceptors (Lipinski definition) is 14. The van der Waals surface area contributed by atoms with Crippen molar-refractivity contribution in [3.63, 3.8) is 0 Å². The number of nitrogens with zero attached hydrogens (tertiary/aromatic N) is 4. The molecule has 2 aromatic carbocycles. The van der Waals surface area contributed by atoms with Crippen LogP contribution < -0.4 is 32.6 Å². The fraction of sp³-hybridized carbons (Fsp3) is 0.316. The van der Waals surface area contributed by atoms with Crippen LogP contribution in [-0.2, 0) is 24.9 Å². The number of amides is 2. The summed E-state index contributed by atoms with van der Waals surface area (Å²) in [4.78, 5) is 57.8. The first-order valence-electron chi connectivity index (χ1n) is 17.4. The number of aromatic nitrogens is 2. The van der Waals surface area contributed by atoms with Gasteiger partial charge in [-0.05, 0) is 62.2 Å². The van der Waals surface area contributed by atoms with Crippen molar-refractivity contribution in [1.29, 1.82) is 10.5 Å². The third-order valence-corrected chi connectivity index (χ3v) is 9.95. The summed E-state index contributed by atoms with van der Waals surface area (Å²) in [5.74, 6) is -6.58. The molecular formula is C38H42Cl3N9O8S. The molecule has 2 heterocycles. The number of anilines is 1. The van der Waals surface area contributed by atoms with Crippen molar-refractivity contribution in [2.24, 2.45) is 29.2 Å². The number of nitrogen functional groups attached to an aromatic ring is 1. The van der Waals surface area contributed by atoms with Gasteiger partial charge in [-0.2, -0.15) is 10.5 Å². The molecule has 10 N–H and O–H groups in total. The molecule has 2 aromatic heterocycles. The zero-order valence-corrected chi connectivity index (χ0v) is 34.8. The quantitative estimate of drug-likeness (QED) is 0.0648. The van der Waals surface area contributed by atoms with E-state index in [1.807, 2.05) is 6.07 Å². The first-order valence-corrected chi connectivity index (χ1v) is 18.7. The molecule has 0 saturated carbocycles. The second kappa shape index (κ2) is 23.1. The lowest BCUT2D eigenvalue weighted by atomic mass is 9.84. The Bertz CT molecular complexity index is 2180. The minimum Gasteiger partial charge on any atom is -0.493 e. The predicted octanol–water partition coefficient (Wildman–Crippen LogP) is 4.23. The number of aliphatic carboxylic acids is 2. The fourth-order valence-electron chi connectivity index (χ4n) is 5.55. The highest BCUT2D eigenvalue weighted by atomic mass is 35.5. The molecule has 2 unspecified atom stereocenters. The van der Waals surface area contributed by atoms with Crippen molar-refractivity contribution < 1.29 is 38.5 Å². The number of carboxylic acids is 2. The Labute approximate surface area is 360 Å². The number of oxazole rings is 1. The number of carbonyl (C=O) groups is 4. The van der Waals surface area contributed by atoms with Crippen molar-refractivity contribution >= 4 is 77.7 Å². The summed E-state index contributed by atoms with van der Waals surface area (Å²) in [6, 6.07) is 15.5. The van der Waals surface area contributed by atoms with Gasteiger partial charge >= 0.3 is 11.9 Å². The van der Waals surface area contributed by atoms with Crippen LogP contribution in [0.25, 0.3) is 22.6 Å². The van der Waals surface area contributed by atoms with Crippen LogP contribution in [0.15, 0.2) is 64.2 Å². The molecule has 2 amide bonds. The van der Waals surface area contributed by atoms with Crippen LogP contribution in [0.2, 0.25) is 5.02 Å². The van der Waals surface area contributed by atoms with Gasteiger partial charge in [-0.25, -0.2) is 9.97 Å². The molecule has 59 heavy (non-hydrogen) atoms. The van der Waals surface area contributed by atoms with Crippen LogP contribution in [0.3, 0.4) is 0 Å². The van der Waals surface area contributed by atoms with Crippen molar-refractivity contribution in [3.8, 4) is 40.5 Å². The topological polar surface area (TPSA) is 307 Å². The molecule has 21 heteroatoms. The molecule has 0 spiro atoms. The lowest BCUT2D eigenvalue weighted by Gasteiger charge is -2.27. The summed E-state index contributed by atoms with van der Waals surface area (Å²) in [6.45, 7) is 1.83. The molecule has 0 radical (unpaired) electrons. The highest BCUT2D eigenvalue weighted by molar-refractivity contribution is 7.98. The first-order chi connectivity index (χ1) is 27.1. The average Bonchev–Trinajstić information content (AvgIpc) is 3.66. The Morgan fingerprint density at radius 1 is 0.881 bits per heavy atom. The number of carbonyl (C=O) groups excluding carboxylic acids is 2. The third-order valence-electron chi connectivity index (χ3n) is 8.69. The number of rotatable bonds is 19. The molecular weight excluding hydrogens is 849 g/mol. The number of hydrogen-bond donors (Lipinski definition) is 7. The molecule has 4 rings (SSSR count). The van der Waals surface area contributed by atoms with Crippen molar-refractivity contribution in [2.75, 3.05) is 25.4 Å². The number of nitriles is 2. The number of nitrogens with one attached hydrogen (secondary N) is 2. The maximum absolute atomic E-state index is 12.5. The van der Waals surface area contributed by atoms with Crippen LogP contribution in [0.4, 0.5) is 5.82 Å². The Morgan fingerprint density at radius 2 is 1.46 bits per heavy atom. The van der Waals surface area contributed by atoms with Gasteiger partial charge in [0.2, 0.25) is 17.7 Å². The van der Waals surface area contributed by atoms with E-state index in [-0.39, 0.29) is 90.0 Å². The van der Waals surface area contributed by atoms with Gasteiger partial charge in [0.05, 0.1) is 41.8 Å². The Morgan fingerprint density at radius 3 is 2.00 bits per heavy atom. The highest BCUT2D eigenvalue weighted by Gasteiger charge is 2.34. The highest BCUT2D eigenvalue weighted by Crippen LogP contribution is 2.37. The van der Waals surface area contributed by atoms with Gasteiger partial charge in [0.15, 0.2) is 0 Å². The van der Waals surface area contributed by atoms with Crippen molar-refractivity contribution in [1.82, 2.24) is 20.6 Å². The molecule has 0 saturated heterocycles. The summed E-state index contributed by atoms with van der Waals surface area (Å²) in [7, 11) is 0. The fourth-order valence-corrected chi connectivity index (χ4v) is 6.55. The van der Waals surface area contributed by atoms with Gasteiger partial charge in [0.1, 0.15) is 40.6 Å². The molecule has 314 valence electrons. The van der Waals surface area contributed by atoms with Gasteiger partial charge in [-0.3, -0.25) is 19.2 Å². The maximum Gasteiger partial charge on any atom is 0.308 e. The Kier molecular flexibility index (Phi) is 19.4. The van der Waals surface area contributed by atoms with Gasteiger partial charge < -0.3 is 47.2 Å². The van der Waals surface area contributed by atoms with E-state index in [2.05, 4.69) is 26.7 Å². The third kappa shape index (κ3) is 13.5. The summed E-state index contributed by atoms with van der Waals surface area (Å²) < 4.78 is 11.6. The number of ether oxygens (including phenoxy) is 1. The smallest absolute Gasteiger partial charge is 0.308 e. The van der Waals surface area contributed by atoms with E-state index >= 15 is 0 Å². The summed E-state index contributed by atoms with van der Waals surface area (Å²) in [5.41, 5.74) is 19.4. The second-order valence-corrected chi connectivity index (χ2v) is 14.4. The molecule has 0 aliphatic carbocycles. The lowest BCUT2D eigenvalue weighted by molar-refractivity contribution is -0.148. The number of carboxylic acid groups (broad SMARTS) is 2. The van der Waals surface area contributed by atoms with Crippen molar-refractivity contribution in [3.05, 3.63) is 76.6 Å². The standard InChI is InChI=1S/C38H40ClN9O8S.2ClH/c1-19(42)33(49)45-14-23(37(51)52)11-24(30(38(53)54)15-46-34(50)20(2)43)16-55-27-9-5-21(6-10-27)31-28(12-40)32(44)48-36(29(31)13-41)57-18-26-17-56-35(47-26)22-3-7-25(39)8-4-22;;/h3-10,17,19-20,23-24,30H,11,14-16,18,42-43H2,1-2H3,(H2,44,48)(H,45,49)(H,46,50)(H,51,52)(H,53,54);2*1H/t19-,20-,23?,24+,30?;;/m0../s1. The minimum absolute atomic E-state index is 0. The van der Waals surface area contributed by atoms with E-state index < -0.39 is 53.6 Å². The summed E-state index contributed by atoms with van der Waals surface area (Å²) in [5, 5.41) is 46.2. The first kappa shape index (κ1) is 49.5. The number of benzene rings is 2. The van der Waals surface area contributed by atoms with Gasteiger partial charge in [-0.1, -0.05) is 35.5 Å². The normalized spacial score (nSPS) is 13.1. The van der Waals surface area contributed by atoms with Crippen LogP contribution in [0, 0.1) is 40.4 Å². The summed E-state index contributed by atoms with van der Waals surface area (Å²) >= 11 is 7.16. The summed E-state index contributed by atoms with van der Waals surface area (Å²) in [6.07, 6.45) is 1.22. The zero-order valence-electron chi connectivity index (χ0n) is 31.6. The van der Waals surface area contributed by atoms with Crippen molar-refractivity contribution in [2.45, 2.75) is 43.1 Å². The van der Waals surface area contributed by atoms with E-state index in [9.17, 15) is 39.9 Å². The van der Waals surface area contributed by atoms with E-state index in [0.29, 0.717) is 22.2 Å². The van der Waals surface area contributed by atoms with Crippen LogP contribution in [0.1, 0.15) is 37.1 Å². The monoisotopic (exact) mass is 889 g/mol. The van der Waals surface area contributed by atoms with Gasteiger partial charge in [0.25, 0.3) is 0 Å². The van der Waals surface area contributed by atoms with E-state index in [1.54, 1.807) is 36.4 Å². The molecule has 17 nitrogen and oxygen atoms in total. The van der Waals surface area contributed by atoms with E-state index in [4.69, 9.17) is 38.0 Å². The van der Waals surface area contributed by atoms with E-state index in [1.165, 1.54) is 44.0 Å². The van der Waals surface area contributed by atoms with Crippen LogP contribution in [0.5, 0.6) is 5.75 Å². The molecule has 0 fully saturated rings. The van der Waals surface area contributed by atoms with E-state index in [0.717, 1.165) is 5.56 Å². The maximum atomic E-state index is 12.5. The predicted molar refractivity (Wildman–Crippen MR) is 224 cm³/mol. The molecule has 0 aliphatic heterocycles. The average molecular weight is 891 g/mol. The Balaban J connectivity index is 0.00000600. The molecule has 5 atom stereocenters. The Hall–Kier alpha value is -5.60. The zero-order chi connectivity index (χ0) is 41.8. The number of pyridine rings is 1. The second-order valence-electron chi connectivity index (χ2n) is 13.0. The SMILES string of the molecule is C[C@H](N)C(=O)NCC(C[C@H](COc1ccc(-c2c(C#N)c(N)nc(SCc3coc(-c4ccc(Cl)cc4)n3)c2C#N)cc1)C(CNC(=O)[C@H](C)N)C(=O)O)C(=O)O.Cl.Cl. The number of thioether (sulfide) groups is 1. The van der Waals surface area contributed by atoms with Gasteiger partial charge in [0, 0.05) is 40.9 Å². The minimum atomic E-state index is -1.32. The van der Waals surface area contributed by atoms with Crippen LogP contribution in [-0.4, -0.2) is 75.7 Å². The largest absolute Gasteiger partial charge is 0.493 e. The number of halogens is 3.